The molecule has 1 aromatic heterocycles. The summed E-state index contributed by atoms with van der Waals surface area (Å²) in [6.45, 7) is 0. The maximum atomic E-state index is 13.4. The van der Waals surface area contributed by atoms with Crippen molar-refractivity contribution in [2.24, 2.45) is 0 Å². The van der Waals surface area contributed by atoms with E-state index in [1.807, 2.05) is 22.6 Å². The summed E-state index contributed by atoms with van der Waals surface area (Å²) in [5.74, 6) is -0.337. The molecule has 0 aliphatic rings. The van der Waals surface area contributed by atoms with Crippen molar-refractivity contribution in [1.82, 2.24) is 0 Å². The van der Waals surface area contributed by atoms with Gasteiger partial charge in [-0.2, -0.15) is 4.39 Å². The predicted octanol–water partition coefficient (Wildman–Crippen LogP) is 4.37. The van der Waals surface area contributed by atoms with E-state index in [2.05, 4.69) is 5.32 Å². The number of hydrogen-bond acceptors (Lipinski definition) is 2. The van der Waals surface area contributed by atoms with Crippen molar-refractivity contribution in [2.75, 3.05) is 5.32 Å². The lowest BCUT2D eigenvalue weighted by Gasteiger charge is -2.04. The summed E-state index contributed by atoms with van der Waals surface area (Å²) in [7, 11) is 0. The van der Waals surface area contributed by atoms with Gasteiger partial charge in [0.15, 0.2) is 5.13 Å². The molecule has 1 aromatic carbocycles. The van der Waals surface area contributed by atoms with E-state index in [4.69, 9.17) is 0 Å². The Morgan fingerprint density at radius 3 is 2.53 bits per heavy atom. The molecule has 0 unspecified atom stereocenters. The largest absolute Gasteiger partial charge is 0.345 e. The molecule has 1 N–H and O–H groups in total. The average molecular weight is 337 g/mol. The lowest BCUT2D eigenvalue weighted by Crippen LogP contribution is -1.91. The molecular weight excluding hydrogens is 331 g/mol. The molecule has 5 heteroatoms. The number of thiophene rings is 1. The van der Waals surface area contributed by atoms with Crippen LogP contribution in [0.3, 0.4) is 0 Å². The molecule has 0 saturated heterocycles. The number of hydrogen-bond donors (Lipinski definition) is 1. The van der Waals surface area contributed by atoms with Crippen molar-refractivity contribution in [1.29, 1.82) is 0 Å². The molecule has 2 aromatic rings. The molecule has 0 radical (unpaired) electrons. The van der Waals surface area contributed by atoms with Crippen LogP contribution in [0.1, 0.15) is 0 Å². The van der Waals surface area contributed by atoms with E-state index in [1.54, 1.807) is 18.2 Å². The fourth-order valence-corrected chi connectivity index (χ4v) is 2.20. The Bertz CT molecular complexity index is 484. The summed E-state index contributed by atoms with van der Waals surface area (Å²) in [6, 6.07) is 7.77. The number of rotatable bonds is 2. The first-order valence-corrected chi connectivity index (χ1v) is 6.02. The van der Waals surface area contributed by atoms with Gasteiger partial charge in [-0.05, 0) is 52.9 Å². The summed E-state index contributed by atoms with van der Waals surface area (Å²) < 4.78 is 26.9. The third kappa shape index (κ3) is 2.66. The molecule has 0 amide bonds. The Balaban J connectivity index is 2.24. The van der Waals surface area contributed by atoms with Crippen LogP contribution in [-0.2, 0) is 0 Å². The SMILES string of the molecule is Fc1ccc(Nc2ccc(I)cc2F)s1. The number of benzene rings is 1. The molecule has 78 valence electrons. The first-order chi connectivity index (χ1) is 7.15. The summed E-state index contributed by atoms with van der Waals surface area (Å²) in [6.07, 6.45) is 0. The van der Waals surface area contributed by atoms with Crippen molar-refractivity contribution in [3.63, 3.8) is 0 Å². The Hall–Kier alpha value is -0.690. The molecule has 0 fully saturated rings. The van der Waals surface area contributed by atoms with Gasteiger partial charge in [0.2, 0.25) is 0 Å². The van der Waals surface area contributed by atoms with Crippen molar-refractivity contribution in [3.8, 4) is 0 Å². The number of anilines is 2. The summed E-state index contributed by atoms with van der Waals surface area (Å²) in [5, 5.41) is 3.12. The minimum atomic E-state index is -0.337. The fraction of sp³-hybridized carbons (Fsp3) is 0. The highest BCUT2D eigenvalue weighted by Gasteiger charge is 2.04. The minimum Gasteiger partial charge on any atom is -0.345 e. The Morgan fingerprint density at radius 2 is 1.93 bits per heavy atom. The zero-order valence-corrected chi connectivity index (χ0v) is 10.4. The van der Waals surface area contributed by atoms with E-state index in [9.17, 15) is 8.78 Å². The van der Waals surface area contributed by atoms with E-state index in [0.717, 1.165) is 14.9 Å². The molecule has 0 aliphatic carbocycles. The van der Waals surface area contributed by atoms with Crippen LogP contribution in [-0.4, -0.2) is 0 Å². The van der Waals surface area contributed by atoms with Gasteiger partial charge < -0.3 is 5.32 Å². The van der Waals surface area contributed by atoms with Crippen LogP contribution < -0.4 is 5.32 Å². The standard InChI is InChI=1S/C10H6F2INS/c11-7-5-6(13)1-2-8(7)14-10-4-3-9(12)15-10/h1-5,14H. The van der Waals surface area contributed by atoms with Crippen LogP contribution in [0.5, 0.6) is 0 Å². The third-order valence-electron chi connectivity index (χ3n) is 1.76. The first-order valence-electron chi connectivity index (χ1n) is 4.12. The topological polar surface area (TPSA) is 12.0 Å². The Kier molecular flexibility index (Phi) is 3.20. The van der Waals surface area contributed by atoms with E-state index < -0.39 is 0 Å². The van der Waals surface area contributed by atoms with Crippen LogP contribution in [0.25, 0.3) is 0 Å². The maximum absolute atomic E-state index is 13.4. The van der Waals surface area contributed by atoms with E-state index in [-0.39, 0.29) is 10.9 Å². The first kappa shape index (κ1) is 10.8. The summed E-state index contributed by atoms with van der Waals surface area (Å²) in [5.41, 5.74) is 0.359. The third-order valence-corrected chi connectivity index (χ3v) is 3.22. The summed E-state index contributed by atoms with van der Waals surface area (Å²) >= 11 is 2.98. The van der Waals surface area contributed by atoms with E-state index in [1.165, 1.54) is 12.1 Å². The van der Waals surface area contributed by atoms with Gasteiger partial charge in [0, 0.05) is 3.57 Å². The van der Waals surface area contributed by atoms with Crippen molar-refractivity contribution < 1.29 is 8.78 Å². The van der Waals surface area contributed by atoms with Gasteiger partial charge >= 0.3 is 0 Å². The van der Waals surface area contributed by atoms with Crippen molar-refractivity contribution in [2.45, 2.75) is 0 Å². The van der Waals surface area contributed by atoms with Crippen LogP contribution >= 0.6 is 33.9 Å². The van der Waals surface area contributed by atoms with Crippen LogP contribution in [0.4, 0.5) is 19.5 Å². The van der Waals surface area contributed by atoms with E-state index >= 15 is 0 Å². The monoisotopic (exact) mass is 337 g/mol. The number of nitrogens with one attached hydrogen (secondary N) is 1. The summed E-state index contributed by atoms with van der Waals surface area (Å²) in [4.78, 5) is 0. The Labute approximate surface area is 103 Å². The molecule has 0 saturated carbocycles. The van der Waals surface area contributed by atoms with Crippen LogP contribution in [0.2, 0.25) is 0 Å². The van der Waals surface area contributed by atoms with Gasteiger partial charge in [-0.15, -0.1) is 0 Å². The molecule has 1 nitrogen and oxygen atoms in total. The zero-order chi connectivity index (χ0) is 10.8. The van der Waals surface area contributed by atoms with E-state index in [0.29, 0.717) is 10.7 Å². The predicted molar refractivity (Wildman–Crippen MR) is 66.7 cm³/mol. The van der Waals surface area contributed by atoms with Gasteiger partial charge in [-0.1, -0.05) is 11.3 Å². The minimum absolute atomic E-state index is 0.289. The lowest BCUT2D eigenvalue weighted by molar-refractivity contribution is 0.631. The van der Waals surface area contributed by atoms with Gasteiger partial charge in [0.05, 0.1) is 10.7 Å². The second-order valence-electron chi connectivity index (χ2n) is 2.85. The van der Waals surface area contributed by atoms with Gasteiger partial charge in [-0.25, -0.2) is 4.39 Å². The van der Waals surface area contributed by atoms with Gasteiger partial charge in [-0.3, -0.25) is 0 Å². The normalized spacial score (nSPS) is 10.3. The van der Waals surface area contributed by atoms with Crippen molar-refractivity contribution >= 4 is 44.6 Å². The Morgan fingerprint density at radius 1 is 1.13 bits per heavy atom. The number of halogens is 3. The van der Waals surface area contributed by atoms with Gasteiger partial charge in [0.25, 0.3) is 0 Å². The average Bonchev–Trinajstić information content (AvgIpc) is 2.56. The smallest absolute Gasteiger partial charge is 0.178 e. The molecule has 0 atom stereocenters. The maximum Gasteiger partial charge on any atom is 0.178 e. The molecule has 0 aliphatic heterocycles. The van der Waals surface area contributed by atoms with Crippen LogP contribution in [0.15, 0.2) is 30.3 Å². The zero-order valence-electron chi connectivity index (χ0n) is 7.43. The molecule has 1 heterocycles. The quantitative estimate of drug-likeness (QED) is 0.803. The lowest BCUT2D eigenvalue weighted by atomic mass is 10.3. The molecule has 15 heavy (non-hydrogen) atoms. The second kappa shape index (κ2) is 4.44. The second-order valence-corrected chi connectivity index (χ2v) is 5.13. The highest BCUT2D eigenvalue weighted by atomic mass is 127. The molecular formula is C10H6F2INS. The molecule has 2 rings (SSSR count). The highest BCUT2D eigenvalue weighted by Crippen LogP contribution is 2.26. The fourth-order valence-electron chi connectivity index (χ4n) is 1.11. The molecule has 0 bridgehead atoms. The van der Waals surface area contributed by atoms with Crippen LogP contribution in [0, 0.1) is 14.5 Å². The van der Waals surface area contributed by atoms with Gasteiger partial charge in [0.1, 0.15) is 5.82 Å². The van der Waals surface area contributed by atoms with Crippen molar-refractivity contribution in [3.05, 3.63) is 44.9 Å². The highest BCUT2D eigenvalue weighted by molar-refractivity contribution is 14.1. The molecule has 0 spiro atoms.